The predicted octanol–water partition coefficient (Wildman–Crippen LogP) is 3.52. The van der Waals surface area contributed by atoms with E-state index in [0.29, 0.717) is 0 Å². The Labute approximate surface area is 149 Å². The fourth-order valence-corrected chi connectivity index (χ4v) is 2.59. The fraction of sp³-hybridized carbons (Fsp3) is 0.667. The summed E-state index contributed by atoms with van der Waals surface area (Å²) < 4.78 is 6.50. The first-order valence-corrected chi connectivity index (χ1v) is 8.44. The molecule has 0 aromatic carbocycles. The van der Waals surface area contributed by atoms with E-state index in [1.54, 1.807) is 55.4 Å². The molecule has 0 aliphatic carbocycles. The lowest BCUT2D eigenvalue weighted by Crippen LogP contribution is -2.46. The molecule has 1 aromatic heterocycles. The van der Waals surface area contributed by atoms with E-state index in [0.717, 1.165) is 0 Å². The third kappa shape index (κ3) is 4.67. The van der Waals surface area contributed by atoms with Crippen molar-refractivity contribution in [3.63, 3.8) is 0 Å². The molecule has 25 heavy (non-hydrogen) atoms. The number of rotatable bonds is 5. The third-order valence-corrected chi connectivity index (χ3v) is 3.77. The third-order valence-electron chi connectivity index (χ3n) is 3.77. The zero-order valence-corrected chi connectivity index (χ0v) is 16.3. The van der Waals surface area contributed by atoms with Crippen molar-refractivity contribution in [3.05, 3.63) is 11.1 Å². The van der Waals surface area contributed by atoms with E-state index in [1.807, 2.05) is 0 Å². The van der Waals surface area contributed by atoms with Gasteiger partial charge in [0.1, 0.15) is 5.60 Å². The Bertz CT molecular complexity index is 653. The van der Waals surface area contributed by atoms with Gasteiger partial charge in [-0.25, -0.2) is 4.79 Å². The van der Waals surface area contributed by atoms with Crippen molar-refractivity contribution in [2.45, 2.75) is 73.1 Å². The van der Waals surface area contributed by atoms with Crippen molar-refractivity contribution in [1.82, 2.24) is 9.88 Å². The largest absolute Gasteiger partial charge is 0.494 e. The zero-order chi connectivity index (χ0) is 19.7. The first-order chi connectivity index (χ1) is 11.3. The summed E-state index contributed by atoms with van der Waals surface area (Å²) in [4.78, 5) is 25.0. The molecular weight excluding hydrogens is 324 g/mol. The van der Waals surface area contributed by atoms with E-state index in [9.17, 15) is 19.8 Å². The summed E-state index contributed by atoms with van der Waals surface area (Å²) in [6, 6.07) is -1.11. The molecule has 0 aliphatic heterocycles. The zero-order valence-electron chi connectivity index (χ0n) is 16.3. The van der Waals surface area contributed by atoms with Gasteiger partial charge in [-0.05, 0) is 47.5 Å². The molecule has 1 amide bonds. The summed E-state index contributed by atoms with van der Waals surface area (Å²) in [6.07, 6.45) is -0.704. The molecule has 0 radical (unpaired) electrons. The second-order valence-electron chi connectivity index (χ2n) is 7.84. The van der Waals surface area contributed by atoms with E-state index in [4.69, 9.17) is 4.74 Å². The minimum atomic E-state index is -0.887. The monoisotopic (exact) mass is 354 g/mol. The quantitative estimate of drug-likeness (QED) is 0.702. The Hall–Kier alpha value is -2.18. The summed E-state index contributed by atoms with van der Waals surface area (Å²) >= 11 is 0. The lowest BCUT2D eigenvalue weighted by Gasteiger charge is -2.25. The number of ketones is 1. The van der Waals surface area contributed by atoms with Crippen LogP contribution in [0.3, 0.4) is 0 Å². The van der Waals surface area contributed by atoms with Crippen LogP contribution < -0.4 is 5.32 Å². The van der Waals surface area contributed by atoms with Crippen molar-refractivity contribution in [2.24, 2.45) is 5.92 Å². The number of alkyl carbamates (subject to hydrolysis) is 1. The second-order valence-corrected chi connectivity index (χ2v) is 7.84. The average molecular weight is 354 g/mol. The van der Waals surface area contributed by atoms with Gasteiger partial charge in [0.15, 0.2) is 11.7 Å². The molecule has 0 unspecified atom stereocenters. The maximum atomic E-state index is 13.0. The Kier molecular flexibility index (Phi) is 6.15. The number of carbonyl (C=O) groups excluding carboxylic acids is 2. The van der Waals surface area contributed by atoms with Gasteiger partial charge >= 0.3 is 6.09 Å². The first-order valence-electron chi connectivity index (χ1n) is 8.44. The summed E-state index contributed by atoms with van der Waals surface area (Å²) in [5.41, 5.74) is -0.389. The van der Waals surface area contributed by atoms with Crippen LogP contribution in [-0.4, -0.2) is 38.3 Å². The van der Waals surface area contributed by atoms with E-state index in [1.165, 1.54) is 4.57 Å². The Balaban J connectivity index is 3.21. The molecule has 142 valence electrons. The maximum Gasteiger partial charge on any atom is 0.408 e. The molecule has 0 fully saturated rings. The maximum absolute atomic E-state index is 13.0. The number of aromatic nitrogens is 1. The summed E-state index contributed by atoms with van der Waals surface area (Å²) in [6.45, 7) is 13.9. The molecule has 1 atom stereocenters. The number of nitrogens with one attached hydrogen (secondary N) is 1. The standard InChI is InChI=1S/C18H30N2O5/c1-9(2)13(19-17(24)25-18(6,7)8)14(21)12-11(5)15(22)20(10(3)4)16(12)23/h9-10,13,22-23H,1-8H3,(H,19,24)/t13-/m0/s1. The van der Waals surface area contributed by atoms with E-state index >= 15 is 0 Å². The van der Waals surface area contributed by atoms with Gasteiger partial charge in [-0.1, -0.05) is 13.8 Å². The highest BCUT2D eigenvalue weighted by atomic mass is 16.6. The van der Waals surface area contributed by atoms with Crippen LogP contribution in [0.15, 0.2) is 0 Å². The van der Waals surface area contributed by atoms with Gasteiger partial charge in [0, 0.05) is 11.6 Å². The van der Waals surface area contributed by atoms with Crippen molar-refractivity contribution in [3.8, 4) is 11.8 Å². The molecule has 0 saturated heterocycles. The van der Waals surface area contributed by atoms with Gasteiger partial charge in [-0.2, -0.15) is 0 Å². The molecule has 1 aromatic rings. The highest BCUT2D eigenvalue weighted by Crippen LogP contribution is 2.37. The summed E-state index contributed by atoms with van der Waals surface area (Å²) in [5, 5.41) is 23.2. The molecule has 0 spiro atoms. The number of nitrogens with zero attached hydrogens (tertiary/aromatic N) is 1. The summed E-state index contributed by atoms with van der Waals surface area (Å²) in [5.74, 6) is -1.16. The number of aromatic hydroxyl groups is 2. The summed E-state index contributed by atoms with van der Waals surface area (Å²) in [7, 11) is 0. The van der Waals surface area contributed by atoms with Gasteiger partial charge in [0.05, 0.1) is 11.6 Å². The van der Waals surface area contributed by atoms with Gasteiger partial charge in [-0.3, -0.25) is 9.36 Å². The molecular formula is C18H30N2O5. The van der Waals surface area contributed by atoms with Crippen molar-refractivity contribution >= 4 is 11.9 Å². The molecule has 7 nitrogen and oxygen atoms in total. The Morgan fingerprint density at radius 2 is 1.60 bits per heavy atom. The second kappa shape index (κ2) is 7.37. The molecule has 1 rings (SSSR count). The van der Waals surface area contributed by atoms with Gasteiger partial charge in [0.25, 0.3) is 0 Å². The number of hydrogen-bond acceptors (Lipinski definition) is 5. The highest BCUT2D eigenvalue weighted by Gasteiger charge is 2.34. The van der Waals surface area contributed by atoms with Crippen LogP contribution in [0, 0.1) is 12.8 Å². The first kappa shape index (κ1) is 20.9. The SMILES string of the molecule is Cc1c(C(=O)[C@@H](NC(=O)OC(C)(C)C)C(C)C)c(O)n(C(C)C)c1O. The Morgan fingerprint density at radius 1 is 1.08 bits per heavy atom. The fourth-order valence-electron chi connectivity index (χ4n) is 2.59. The predicted molar refractivity (Wildman–Crippen MR) is 95.2 cm³/mol. The minimum absolute atomic E-state index is 0.0148. The smallest absolute Gasteiger partial charge is 0.408 e. The van der Waals surface area contributed by atoms with Crippen molar-refractivity contribution < 1.29 is 24.5 Å². The lowest BCUT2D eigenvalue weighted by atomic mass is 9.94. The number of ether oxygens (including phenoxy) is 1. The molecule has 0 saturated carbocycles. The Morgan fingerprint density at radius 3 is 1.96 bits per heavy atom. The number of amides is 1. The van der Waals surface area contributed by atoms with Crippen LogP contribution in [0.2, 0.25) is 0 Å². The van der Waals surface area contributed by atoms with Crippen LogP contribution >= 0.6 is 0 Å². The topological polar surface area (TPSA) is 101 Å². The van der Waals surface area contributed by atoms with Crippen LogP contribution in [0.4, 0.5) is 4.79 Å². The van der Waals surface area contributed by atoms with Crippen molar-refractivity contribution in [2.75, 3.05) is 0 Å². The lowest BCUT2D eigenvalue weighted by molar-refractivity contribution is 0.0475. The molecule has 0 aliphatic rings. The minimum Gasteiger partial charge on any atom is -0.494 e. The number of hydrogen-bond donors (Lipinski definition) is 3. The molecule has 7 heteroatoms. The van der Waals surface area contributed by atoms with Gasteiger partial charge in [-0.15, -0.1) is 0 Å². The van der Waals surface area contributed by atoms with E-state index < -0.39 is 23.5 Å². The number of Topliss-reactive ketones (excluding diaryl/α,β-unsaturated/α-hetero) is 1. The molecule has 0 bridgehead atoms. The van der Waals surface area contributed by atoms with Crippen molar-refractivity contribution in [1.29, 1.82) is 0 Å². The van der Waals surface area contributed by atoms with Crippen LogP contribution in [0.1, 0.15) is 70.4 Å². The molecule has 1 heterocycles. The highest BCUT2D eigenvalue weighted by molar-refractivity contribution is 6.05. The normalized spacial score (nSPS) is 13.2. The molecule has 3 N–H and O–H groups in total. The van der Waals surface area contributed by atoms with Crippen LogP contribution in [0.5, 0.6) is 11.8 Å². The van der Waals surface area contributed by atoms with Crippen LogP contribution in [-0.2, 0) is 4.74 Å². The van der Waals surface area contributed by atoms with Crippen LogP contribution in [0.25, 0.3) is 0 Å². The van der Waals surface area contributed by atoms with Gasteiger partial charge in [0.2, 0.25) is 5.88 Å². The average Bonchev–Trinajstić information content (AvgIpc) is 2.63. The number of carbonyl (C=O) groups is 2. The van der Waals surface area contributed by atoms with Gasteiger partial charge < -0.3 is 20.3 Å². The van der Waals surface area contributed by atoms with E-state index in [-0.39, 0.29) is 34.8 Å². The van der Waals surface area contributed by atoms with E-state index in [2.05, 4.69) is 5.32 Å².